The number of nitrogens with one attached hydrogen (secondary N) is 1. The summed E-state index contributed by atoms with van der Waals surface area (Å²) in [5.41, 5.74) is 3.29. The van der Waals surface area contributed by atoms with E-state index in [0.29, 0.717) is 33.8 Å². The van der Waals surface area contributed by atoms with Crippen LogP contribution in [0.3, 0.4) is 0 Å². The van der Waals surface area contributed by atoms with Crippen LogP contribution in [0.25, 0.3) is 0 Å². The molecule has 0 unspecified atom stereocenters. The number of fused-ring (bicyclic) bond motifs is 1. The van der Waals surface area contributed by atoms with Crippen molar-refractivity contribution in [2.75, 3.05) is 19.5 Å². The normalized spacial score (nSPS) is 15.1. The van der Waals surface area contributed by atoms with Gasteiger partial charge in [0.15, 0.2) is 16.7 Å². The number of carbonyl (C=O) groups excluding carboxylic acids is 1. The third-order valence-corrected chi connectivity index (χ3v) is 6.66. The fourth-order valence-corrected chi connectivity index (χ4v) is 4.88. The van der Waals surface area contributed by atoms with Gasteiger partial charge in [-0.25, -0.2) is 0 Å². The first-order chi connectivity index (χ1) is 15.4. The number of aryl methyl sites for hydroxylation is 1. The highest BCUT2D eigenvalue weighted by molar-refractivity contribution is 7.98. The summed E-state index contributed by atoms with van der Waals surface area (Å²) >= 11 is 1.47. The number of anilines is 1. The van der Waals surface area contributed by atoms with Gasteiger partial charge < -0.3 is 19.4 Å². The van der Waals surface area contributed by atoms with Gasteiger partial charge in [-0.3, -0.25) is 9.59 Å². The van der Waals surface area contributed by atoms with Crippen molar-refractivity contribution in [3.63, 3.8) is 0 Å². The number of rotatable bonds is 6. The molecule has 166 valence electrons. The maximum atomic E-state index is 13.1. The van der Waals surface area contributed by atoms with Crippen molar-refractivity contribution >= 4 is 23.5 Å². The van der Waals surface area contributed by atoms with E-state index >= 15 is 0 Å². The molecule has 1 atom stereocenters. The molecule has 1 aromatic heterocycles. The average molecular weight is 452 g/mol. The number of hydrogen-bond donors (Lipinski definition) is 1. The Kier molecular flexibility index (Phi) is 6.23. The topological polar surface area (TPSA) is 82.5 Å². The van der Waals surface area contributed by atoms with Gasteiger partial charge in [0, 0.05) is 25.1 Å². The van der Waals surface area contributed by atoms with Crippen molar-refractivity contribution in [2.24, 2.45) is 7.05 Å². The Balaban J connectivity index is 1.72. The van der Waals surface area contributed by atoms with E-state index in [9.17, 15) is 9.59 Å². The minimum absolute atomic E-state index is 0.145. The molecule has 2 heterocycles. The zero-order chi connectivity index (χ0) is 22.8. The molecular formula is C24H25N3O4S. The number of hydrogen-bond acceptors (Lipinski definition) is 6. The summed E-state index contributed by atoms with van der Waals surface area (Å²) in [5.74, 6) is 1.74. The van der Waals surface area contributed by atoms with Crippen molar-refractivity contribution in [1.29, 1.82) is 0 Å². The zero-order valence-electron chi connectivity index (χ0n) is 18.5. The lowest BCUT2D eigenvalue weighted by molar-refractivity contribution is -0.116. The number of thioether (sulfide) groups is 1. The quantitative estimate of drug-likeness (QED) is 0.453. The Hall–Kier alpha value is -3.26. The van der Waals surface area contributed by atoms with Gasteiger partial charge in [0.1, 0.15) is 5.82 Å². The summed E-state index contributed by atoms with van der Waals surface area (Å²) in [7, 11) is 4.94. The number of amides is 1. The number of ether oxygens (including phenoxy) is 2. The summed E-state index contributed by atoms with van der Waals surface area (Å²) in [4.78, 5) is 30.1. The zero-order valence-corrected chi connectivity index (χ0v) is 19.3. The lowest BCUT2D eigenvalue weighted by Gasteiger charge is -2.28. The fraction of sp³-hybridized carbons (Fsp3) is 0.292. The molecule has 7 nitrogen and oxygen atoms in total. The lowest BCUT2D eigenvalue weighted by Crippen LogP contribution is -2.33. The van der Waals surface area contributed by atoms with Gasteiger partial charge in [-0.15, -0.1) is 0 Å². The lowest BCUT2D eigenvalue weighted by atomic mass is 9.86. The number of carbonyl (C=O) groups is 1. The highest BCUT2D eigenvalue weighted by Crippen LogP contribution is 2.39. The molecule has 0 bridgehead atoms. The van der Waals surface area contributed by atoms with Crippen molar-refractivity contribution in [3.05, 3.63) is 75.1 Å². The first-order valence-electron chi connectivity index (χ1n) is 10.2. The van der Waals surface area contributed by atoms with Crippen LogP contribution in [-0.2, 0) is 17.6 Å². The average Bonchev–Trinajstić information content (AvgIpc) is 2.79. The highest BCUT2D eigenvalue weighted by Gasteiger charge is 2.32. The molecule has 0 saturated carbocycles. The van der Waals surface area contributed by atoms with E-state index in [2.05, 4.69) is 16.4 Å². The second-order valence-electron chi connectivity index (χ2n) is 7.72. The summed E-state index contributed by atoms with van der Waals surface area (Å²) < 4.78 is 12.5. The van der Waals surface area contributed by atoms with Crippen LogP contribution in [0, 0.1) is 6.92 Å². The predicted molar refractivity (Wildman–Crippen MR) is 125 cm³/mol. The number of aromatic nitrogens is 2. The van der Waals surface area contributed by atoms with Crippen molar-refractivity contribution in [3.8, 4) is 11.5 Å². The summed E-state index contributed by atoms with van der Waals surface area (Å²) in [6, 6.07) is 13.7. The van der Waals surface area contributed by atoms with Crippen LogP contribution in [0.4, 0.5) is 5.82 Å². The highest BCUT2D eigenvalue weighted by atomic mass is 32.2. The van der Waals surface area contributed by atoms with E-state index in [0.717, 1.165) is 11.1 Å². The summed E-state index contributed by atoms with van der Waals surface area (Å²) in [6.45, 7) is 2.05. The Bertz CT molecular complexity index is 1240. The number of methoxy groups -OCH3 is 2. The van der Waals surface area contributed by atoms with E-state index in [-0.39, 0.29) is 17.9 Å². The summed E-state index contributed by atoms with van der Waals surface area (Å²) in [5, 5.41) is 3.44. The molecule has 8 heteroatoms. The third-order valence-electron chi connectivity index (χ3n) is 5.56. The second-order valence-corrected chi connectivity index (χ2v) is 8.66. The molecule has 1 aliphatic heterocycles. The van der Waals surface area contributed by atoms with Crippen LogP contribution in [-0.4, -0.2) is 29.7 Å². The van der Waals surface area contributed by atoms with E-state index in [1.54, 1.807) is 24.9 Å². The monoisotopic (exact) mass is 451 g/mol. The van der Waals surface area contributed by atoms with Crippen LogP contribution < -0.4 is 20.3 Å². The van der Waals surface area contributed by atoms with Gasteiger partial charge in [-0.2, -0.15) is 4.98 Å². The molecule has 1 aliphatic rings. The third kappa shape index (κ3) is 4.23. The van der Waals surface area contributed by atoms with Gasteiger partial charge in [0.05, 0.1) is 19.8 Å². The Morgan fingerprint density at radius 3 is 2.62 bits per heavy atom. The minimum Gasteiger partial charge on any atom is -0.493 e. The minimum atomic E-state index is -0.416. The molecular weight excluding hydrogens is 426 g/mol. The van der Waals surface area contributed by atoms with Crippen molar-refractivity contribution in [1.82, 2.24) is 9.55 Å². The smallest absolute Gasteiger partial charge is 0.279 e. The molecule has 0 fully saturated rings. The molecule has 0 spiro atoms. The van der Waals surface area contributed by atoms with Gasteiger partial charge in [-0.05, 0) is 30.2 Å². The maximum absolute atomic E-state index is 13.1. The van der Waals surface area contributed by atoms with Crippen LogP contribution in [0.15, 0.2) is 52.4 Å². The molecule has 3 aromatic rings. The van der Waals surface area contributed by atoms with Gasteiger partial charge in [-0.1, -0.05) is 47.7 Å². The van der Waals surface area contributed by atoms with Crippen LogP contribution >= 0.6 is 11.8 Å². The molecule has 0 radical (unpaired) electrons. The Morgan fingerprint density at radius 2 is 1.91 bits per heavy atom. The van der Waals surface area contributed by atoms with Gasteiger partial charge >= 0.3 is 0 Å². The van der Waals surface area contributed by atoms with Crippen LogP contribution in [0.2, 0.25) is 0 Å². The summed E-state index contributed by atoms with van der Waals surface area (Å²) in [6.07, 6.45) is 0.162. The molecule has 4 rings (SSSR count). The number of benzene rings is 2. The SMILES string of the molecule is COc1ccc([C@H]2CC(=O)Nc3c2c(=O)nc(SCc2cccc(C)c2)n3C)cc1OC. The van der Waals surface area contributed by atoms with Crippen molar-refractivity contribution in [2.45, 2.75) is 30.2 Å². The Labute approximate surface area is 190 Å². The second kappa shape index (κ2) is 9.08. The largest absolute Gasteiger partial charge is 0.493 e. The van der Waals surface area contributed by atoms with Gasteiger partial charge in [0.2, 0.25) is 5.91 Å². The predicted octanol–water partition coefficient (Wildman–Crippen LogP) is 3.87. The molecule has 1 N–H and O–H groups in total. The molecule has 1 amide bonds. The van der Waals surface area contributed by atoms with Crippen LogP contribution in [0.1, 0.15) is 34.6 Å². The maximum Gasteiger partial charge on any atom is 0.279 e. The van der Waals surface area contributed by atoms with E-state index < -0.39 is 5.92 Å². The molecule has 0 saturated heterocycles. The first kappa shape index (κ1) is 22.0. The van der Waals surface area contributed by atoms with E-state index in [4.69, 9.17) is 9.47 Å². The van der Waals surface area contributed by atoms with E-state index in [1.807, 2.05) is 44.3 Å². The van der Waals surface area contributed by atoms with E-state index in [1.165, 1.54) is 17.3 Å². The first-order valence-corrected chi connectivity index (χ1v) is 11.2. The van der Waals surface area contributed by atoms with Crippen molar-refractivity contribution < 1.29 is 14.3 Å². The standard InChI is InChI=1S/C24H25N3O4S/c1-14-6-5-7-15(10-14)13-32-24-26-23(29)21-17(12-20(28)25-22(21)27(24)2)16-8-9-18(30-3)19(11-16)31-4/h5-11,17H,12-13H2,1-4H3,(H,25,28)/t17-/m1/s1. The van der Waals surface area contributed by atoms with Gasteiger partial charge in [0.25, 0.3) is 5.56 Å². The molecule has 2 aromatic carbocycles. The number of nitrogens with zero attached hydrogens (tertiary/aromatic N) is 2. The molecule has 32 heavy (non-hydrogen) atoms. The Morgan fingerprint density at radius 1 is 1.12 bits per heavy atom. The molecule has 0 aliphatic carbocycles. The van der Waals surface area contributed by atoms with Crippen LogP contribution in [0.5, 0.6) is 11.5 Å². The fourth-order valence-electron chi connectivity index (χ4n) is 3.97.